The van der Waals surface area contributed by atoms with Crippen LogP contribution in [-0.2, 0) is 13.0 Å². The Labute approximate surface area is 200 Å². The molecule has 8 heteroatoms. The summed E-state index contributed by atoms with van der Waals surface area (Å²) >= 11 is 0. The lowest BCUT2D eigenvalue weighted by Gasteiger charge is -2.07. The third-order valence-electron chi connectivity index (χ3n) is 6.06. The first-order valence-electron chi connectivity index (χ1n) is 11.3. The largest absolute Gasteiger partial charge is 0.382 e. The van der Waals surface area contributed by atoms with Crippen LogP contribution in [0.25, 0.3) is 16.6 Å². The molecule has 0 saturated carbocycles. The summed E-state index contributed by atoms with van der Waals surface area (Å²) in [5.74, 6) is 0.302. The average Bonchev–Trinajstić information content (AvgIpc) is 3.33. The van der Waals surface area contributed by atoms with Crippen molar-refractivity contribution in [1.29, 1.82) is 5.26 Å². The highest BCUT2D eigenvalue weighted by Crippen LogP contribution is 2.19. The Balaban J connectivity index is 1.73. The van der Waals surface area contributed by atoms with Gasteiger partial charge in [0, 0.05) is 17.6 Å². The molecule has 0 amide bonds. The van der Waals surface area contributed by atoms with Crippen LogP contribution in [0.2, 0.25) is 0 Å². The van der Waals surface area contributed by atoms with Gasteiger partial charge in [-0.25, -0.2) is 4.98 Å². The monoisotopic (exact) mass is 456 g/mol. The Hall–Kier alpha value is -4.90. The van der Waals surface area contributed by atoms with Gasteiger partial charge in [-0.1, -0.05) is 24.3 Å². The number of nitriles is 1. The summed E-state index contributed by atoms with van der Waals surface area (Å²) in [5.41, 5.74) is 11.1. The van der Waals surface area contributed by atoms with Crippen LogP contribution in [0.5, 0.6) is 0 Å². The van der Waals surface area contributed by atoms with Crippen molar-refractivity contribution < 1.29 is 0 Å². The predicted molar refractivity (Wildman–Crippen MR) is 132 cm³/mol. The Kier molecular flexibility index (Phi) is 5.00. The van der Waals surface area contributed by atoms with Crippen molar-refractivity contribution in [2.24, 2.45) is 4.99 Å². The van der Waals surface area contributed by atoms with Crippen molar-refractivity contribution in [3.8, 4) is 6.07 Å². The third-order valence-corrected chi connectivity index (χ3v) is 6.06. The Morgan fingerprint density at radius 3 is 2.83 bits per heavy atom. The minimum atomic E-state index is 0.302. The molecule has 6 rings (SSSR count). The summed E-state index contributed by atoms with van der Waals surface area (Å²) in [6.07, 6.45) is 12.7. The molecular weight excluding hydrogens is 436 g/mol. The van der Waals surface area contributed by atoms with Crippen molar-refractivity contribution in [2.75, 3.05) is 5.73 Å². The first-order valence-corrected chi connectivity index (χ1v) is 11.3. The van der Waals surface area contributed by atoms with E-state index >= 15 is 0 Å². The number of benzene rings is 1. The van der Waals surface area contributed by atoms with Crippen LogP contribution in [0.4, 0.5) is 5.82 Å². The lowest BCUT2D eigenvalue weighted by atomic mass is 10.00. The quantitative estimate of drug-likeness (QED) is 0.495. The Morgan fingerprint density at radius 2 is 1.97 bits per heavy atom. The topological polar surface area (TPSA) is 119 Å². The molecule has 0 atom stereocenters. The summed E-state index contributed by atoms with van der Waals surface area (Å²) in [4.78, 5) is 15.3. The molecule has 4 heterocycles. The summed E-state index contributed by atoms with van der Waals surface area (Å²) < 4.78 is 0. The summed E-state index contributed by atoms with van der Waals surface area (Å²) in [5, 5.41) is 22.4. The first kappa shape index (κ1) is 20.7. The van der Waals surface area contributed by atoms with E-state index < -0.39 is 0 Å². The van der Waals surface area contributed by atoms with Gasteiger partial charge in [0.05, 0.1) is 28.0 Å². The number of fused-ring (bicyclic) bond motifs is 2. The van der Waals surface area contributed by atoms with Gasteiger partial charge in [0.15, 0.2) is 11.3 Å². The molecule has 0 saturated heterocycles. The number of nitrogens with two attached hydrogens (primary N) is 1. The highest BCUT2D eigenvalue weighted by Gasteiger charge is 2.15. The number of aromatic nitrogens is 5. The van der Waals surface area contributed by atoms with Crippen molar-refractivity contribution in [3.63, 3.8) is 0 Å². The maximum atomic E-state index is 9.47. The molecule has 168 valence electrons. The smallest absolute Gasteiger partial charge is 0.155 e. The molecular formula is C27H20N8. The summed E-state index contributed by atoms with van der Waals surface area (Å²) in [6, 6.07) is 14.1. The van der Waals surface area contributed by atoms with E-state index in [0.717, 1.165) is 39.0 Å². The van der Waals surface area contributed by atoms with Crippen molar-refractivity contribution in [1.82, 2.24) is 25.0 Å². The van der Waals surface area contributed by atoms with E-state index in [1.807, 2.05) is 60.8 Å². The standard InChI is InChI=1S/C27H20N8/c28-15-17-5-3-6-20(13-17)24-23(19-9-10-22-18(14-19)7-4-12-31-22)25-26(27(29)32-24)34-35(33-25)16-21-8-1-2-11-30-21/h1-5,8-14H,6-7,16H2,(H2,29,32). The summed E-state index contributed by atoms with van der Waals surface area (Å²) in [7, 11) is 0. The third kappa shape index (κ3) is 3.79. The lowest BCUT2D eigenvalue weighted by Crippen LogP contribution is -2.18. The number of nitrogens with zero attached hydrogens (tertiary/aromatic N) is 7. The normalized spacial score (nSPS) is 16.9. The molecule has 0 bridgehead atoms. The van der Waals surface area contributed by atoms with Crippen molar-refractivity contribution in [3.05, 3.63) is 111 Å². The minimum Gasteiger partial charge on any atom is -0.382 e. The first-order chi connectivity index (χ1) is 17.2. The molecule has 0 spiro atoms. The van der Waals surface area contributed by atoms with Gasteiger partial charge < -0.3 is 5.73 Å². The zero-order valence-electron chi connectivity index (χ0n) is 18.8. The fourth-order valence-electron chi connectivity index (χ4n) is 4.43. The number of nitrogen functional groups attached to an aromatic ring is 1. The fraction of sp³-hybridized carbons (Fsp3) is 0.111. The van der Waals surface area contributed by atoms with Crippen LogP contribution >= 0.6 is 0 Å². The maximum Gasteiger partial charge on any atom is 0.155 e. The van der Waals surface area contributed by atoms with E-state index in [1.165, 1.54) is 0 Å². The van der Waals surface area contributed by atoms with E-state index in [2.05, 4.69) is 27.2 Å². The van der Waals surface area contributed by atoms with Crippen LogP contribution in [0, 0.1) is 21.8 Å². The maximum absolute atomic E-state index is 9.47. The zero-order chi connectivity index (χ0) is 23.8. The van der Waals surface area contributed by atoms with Gasteiger partial charge in [0.1, 0.15) is 12.1 Å². The number of hydrogen-bond donors (Lipinski definition) is 1. The van der Waals surface area contributed by atoms with Gasteiger partial charge in [-0.3, -0.25) is 9.98 Å². The zero-order valence-corrected chi connectivity index (χ0v) is 18.8. The van der Waals surface area contributed by atoms with Crippen LogP contribution in [-0.4, -0.2) is 25.0 Å². The van der Waals surface area contributed by atoms with Gasteiger partial charge in [-0.2, -0.15) is 15.2 Å². The van der Waals surface area contributed by atoms with Gasteiger partial charge in [0.25, 0.3) is 0 Å². The Bertz CT molecular complexity index is 1840. The number of allylic oxidation sites excluding steroid dienone is 5. The Morgan fingerprint density at radius 1 is 1.06 bits per heavy atom. The molecule has 1 aromatic carbocycles. The number of anilines is 1. The molecule has 8 nitrogen and oxygen atoms in total. The lowest BCUT2D eigenvalue weighted by molar-refractivity contribution is 0.590. The van der Waals surface area contributed by atoms with Crippen LogP contribution in [0.3, 0.4) is 0 Å². The SMILES string of the molecule is N#CC1=CC(=c2nc(N)c3nn(Cc4ccccn4)nc3c2=c2ccc3c(c2)CC=CN=3)CC=C1. The second kappa shape index (κ2) is 8.47. The molecule has 4 aromatic rings. The molecule has 1 aliphatic heterocycles. The summed E-state index contributed by atoms with van der Waals surface area (Å²) in [6.45, 7) is 0.412. The molecule has 2 aliphatic rings. The van der Waals surface area contributed by atoms with Gasteiger partial charge in [-0.05, 0) is 65.6 Å². The van der Waals surface area contributed by atoms with E-state index in [0.29, 0.717) is 40.7 Å². The van der Waals surface area contributed by atoms with Crippen molar-refractivity contribution >= 4 is 22.4 Å². The predicted octanol–water partition coefficient (Wildman–Crippen LogP) is 2.39. The minimum absolute atomic E-state index is 0.302. The molecule has 35 heavy (non-hydrogen) atoms. The van der Waals surface area contributed by atoms with Gasteiger partial charge >= 0.3 is 0 Å². The van der Waals surface area contributed by atoms with Crippen molar-refractivity contribution in [2.45, 2.75) is 19.4 Å². The molecule has 0 fully saturated rings. The van der Waals surface area contributed by atoms with Crippen LogP contribution in [0.1, 0.15) is 17.7 Å². The van der Waals surface area contributed by atoms with Gasteiger partial charge in [0.2, 0.25) is 0 Å². The number of pyridine rings is 2. The highest BCUT2D eigenvalue weighted by atomic mass is 15.5. The van der Waals surface area contributed by atoms with Gasteiger partial charge in [-0.15, -0.1) is 5.10 Å². The van der Waals surface area contributed by atoms with E-state index in [-0.39, 0.29) is 0 Å². The molecule has 1 aliphatic carbocycles. The second-order valence-corrected chi connectivity index (χ2v) is 8.37. The molecule has 3 aromatic heterocycles. The highest BCUT2D eigenvalue weighted by molar-refractivity contribution is 5.85. The second-order valence-electron chi connectivity index (χ2n) is 8.37. The average molecular weight is 457 g/mol. The van der Waals surface area contributed by atoms with Crippen LogP contribution in [0.15, 0.2) is 83.7 Å². The molecule has 0 unspecified atom stereocenters. The van der Waals surface area contributed by atoms with E-state index in [1.54, 1.807) is 11.0 Å². The molecule has 2 N–H and O–H groups in total. The van der Waals surface area contributed by atoms with Crippen LogP contribution < -0.4 is 16.4 Å². The fourth-order valence-corrected chi connectivity index (χ4v) is 4.43. The van der Waals surface area contributed by atoms with E-state index in [4.69, 9.17) is 15.8 Å². The number of hydrogen-bond acceptors (Lipinski definition) is 7. The molecule has 0 radical (unpaired) electrons. The number of rotatable bonds is 2. The van der Waals surface area contributed by atoms with E-state index in [9.17, 15) is 5.26 Å².